The topological polar surface area (TPSA) is 36.3 Å². The number of rotatable bonds is 5. The lowest BCUT2D eigenvalue weighted by Crippen LogP contribution is -2.36. The first-order valence-electron chi connectivity index (χ1n) is 5.70. The van der Waals surface area contributed by atoms with E-state index in [-0.39, 0.29) is 10.5 Å². The smallest absolute Gasteiger partial charge is 0.161 e. The van der Waals surface area contributed by atoms with Crippen molar-refractivity contribution in [3.8, 4) is 6.07 Å². The van der Waals surface area contributed by atoms with Gasteiger partial charge in [0.05, 0.1) is 22.3 Å². The summed E-state index contributed by atoms with van der Waals surface area (Å²) in [5.74, 6) is -0.404. The van der Waals surface area contributed by atoms with Crippen LogP contribution in [0.2, 0.25) is 0 Å². The SMILES string of the molecule is CCN(c1ccc(C#N)c(Br)c1F)C(C)COC. The lowest BCUT2D eigenvalue weighted by Gasteiger charge is -2.30. The van der Waals surface area contributed by atoms with Crippen LogP contribution >= 0.6 is 15.9 Å². The molecule has 0 heterocycles. The third-order valence-corrected chi connectivity index (χ3v) is 3.55. The lowest BCUT2D eigenvalue weighted by atomic mass is 10.1. The fraction of sp³-hybridized carbons (Fsp3) is 0.462. The molecule has 0 aliphatic carbocycles. The van der Waals surface area contributed by atoms with Gasteiger partial charge in [-0.3, -0.25) is 0 Å². The molecule has 0 bridgehead atoms. The molecule has 3 nitrogen and oxygen atoms in total. The van der Waals surface area contributed by atoms with Crippen LogP contribution in [0.4, 0.5) is 10.1 Å². The van der Waals surface area contributed by atoms with Crippen LogP contribution in [-0.2, 0) is 4.74 Å². The molecule has 1 rings (SSSR count). The minimum Gasteiger partial charge on any atom is -0.383 e. The molecule has 0 radical (unpaired) electrons. The third kappa shape index (κ3) is 3.01. The molecule has 1 aromatic rings. The Bertz CT molecular complexity index is 459. The maximum absolute atomic E-state index is 14.2. The van der Waals surface area contributed by atoms with E-state index in [0.29, 0.717) is 24.4 Å². The lowest BCUT2D eigenvalue weighted by molar-refractivity contribution is 0.181. The summed E-state index contributed by atoms with van der Waals surface area (Å²) in [5, 5.41) is 8.84. The van der Waals surface area contributed by atoms with Crippen LogP contribution in [0.3, 0.4) is 0 Å². The number of ether oxygens (including phenoxy) is 1. The average Bonchev–Trinajstić information content (AvgIpc) is 2.36. The van der Waals surface area contributed by atoms with Crippen molar-refractivity contribution >= 4 is 21.6 Å². The van der Waals surface area contributed by atoms with Gasteiger partial charge in [0.2, 0.25) is 0 Å². The number of methoxy groups -OCH3 is 1. The molecule has 1 aromatic carbocycles. The highest BCUT2D eigenvalue weighted by atomic mass is 79.9. The van der Waals surface area contributed by atoms with Gasteiger partial charge in [0.15, 0.2) is 5.82 Å². The zero-order chi connectivity index (χ0) is 13.7. The summed E-state index contributed by atoms with van der Waals surface area (Å²) in [7, 11) is 1.62. The van der Waals surface area contributed by atoms with Crippen LogP contribution in [0.5, 0.6) is 0 Å². The molecule has 98 valence electrons. The largest absolute Gasteiger partial charge is 0.383 e. The van der Waals surface area contributed by atoms with Gasteiger partial charge in [-0.05, 0) is 41.9 Å². The van der Waals surface area contributed by atoms with E-state index in [2.05, 4.69) is 15.9 Å². The van der Waals surface area contributed by atoms with Crippen LogP contribution in [0.1, 0.15) is 19.4 Å². The van der Waals surface area contributed by atoms with Gasteiger partial charge in [0, 0.05) is 19.7 Å². The number of hydrogen-bond donors (Lipinski definition) is 0. The number of likely N-dealkylation sites (N-methyl/N-ethyl adjacent to an activating group) is 1. The Kier molecular flexibility index (Phi) is 5.57. The van der Waals surface area contributed by atoms with Gasteiger partial charge in [-0.25, -0.2) is 4.39 Å². The van der Waals surface area contributed by atoms with Crippen molar-refractivity contribution in [2.24, 2.45) is 0 Å². The summed E-state index contributed by atoms with van der Waals surface area (Å²) in [6.45, 7) is 5.11. The standard InChI is InChI=1S/C13H16BrFN2O/c1-4-17(9(2)8-18-3)11-6-5-10(7-16)12(14)13(11)15/h5-6,9H,4,8H2,1-3H3. The van der Waals surface area contributed by atoms with Crippen molar-refractivity contribution in [3.63, 3.8) is 0 Å². The minimum atomic E-state index is -0.404. The number of anilines is 1. The second kappa shape index (κ2) is 6.72. The van der Waals surface area contributed by atoms with E-state index in [9.17, 15) is 4.39 Å². The summed E-state index contributed by atoms with van der Waals surface area (Å²) in [4.78, 5) is 1.91. The van der Waals surface area contributed by atoms with Gasteiger partial charge in [0.1, 0.15) is 6.07 Å². The number of hydrogen-bond acceptors (Lipinski definition) is 3. The van der Waals surface area contributed by atoms with E-state index >= 15 is 0 Å². The Morgan fingerprint density at radius 2 is 2.22 bits per heavy atom. The van der Waals surface area contributed by atoms with Crippen molar-refractivity contribution in [2.45, 2.75) is 19.9 Å². The van der Waals surface area contributed by atoms with Crippen LogP contribution in [0.25, 0.3) is 0 Å². The van der Waals surface area contributed by atoms with Gasteiger partial charge in [0.25, 0.3) is 0 Å². The number of halogens is 2. The molecule has 0 aliphatic rings. The molecule has 0 saturated heterocycles. The van der Waals surface area contributed by atoms with Gasteiger partial charge in [-0.2, -0.15) is 5.26 Å². The summed E-state index contributed by atoms with van der Waals surface area (Å²) in [5.41, 5.74) is 0.777. The Balaban J connectivity index is 3.15. The van der Waals surface area contributed by atoms with Gasteiger partial charge >= 0.3 is 0 Å². The van der Waals surface area contributed by atoms with E-state index in [0.717, 1.165) is 0 Å². The van der Waals surface area contributed by atoms with Crippen LogP contribution < -0.4 is 4.90 Å². The molecule has 0 saturated carbocycles. The van der Waals surface area contributed by atoms with E-state index in [1.807, 2.05) is 24.8 Å². The van der Waals surface area contributed by atoms with E-state index < -0.39 is 5.82 Å². The van der Waals surface area contributed by atoms with Crippen LogP contribution in [-0.4, -0.2) is 26.3 Å². The van der Waals surface area contributed by atoms with Crippen molar-refractivity contribution in [3.05, 3.63) is 28.0 Å². The zero-order valence-electron chi connectivity index (χ0n) is 10.7. The Hall–Kier alpha value is -1.12. The second-order valence-electron chi connectivity index (χ2n) is 3.96. The number of nitrogens with zero attached hydrogens (tertiary/aromatic N) is 2. The van der Waals surface area contributed by atoms with Crippen LogP contribution in [0, 0.1) is 17.1 Å². The first kappa shape index (κ1) is 14.9. The fourth-order valence-electron chi connectivity index (χ4n) is 1.90. The highest BCUT2D eigenvalue weighted by molar-refractivity contribution is 9.10. The molecule has 0 N–H and O–H groups in total. The Morgan fingerprint density at radius 1 is 1.56 bits per heavy atom. The molecular formula is C13H16BrFN2O. The number of nitriles is 1. The van der Waals surface area contributed by atoms with Gasteiger partial charge < -0.3 is 9.64 Å². The fourth-order valence-corrected chi connectivity index (χ4v) is 2.32. The maximum Gasteiger partial charge on any atom is 0.161 e. The molecule has 0 aromatic heterocycles. The molecule has 18 heavy (non-hydrogen) atoms. The summed E-state index contributed by atoms with van der Waals surface area (Å²) < 4.78 is 19.5. The Morgan fingerprint density at radius 3 is 2.72 bits per heavy atom. The highest BCUT2D eigenvalue weighted by Crippen LogP contribution is 2.30. The summed E-state index contributed by atoms with van der Waals surface area (Å²) in [6.07, 6.45) is 0. The average molecular weight is 315 g/mol. The Labute approximate surface area is 115 Å². The highest BCUT2D eigenvalue weighted by Gasteiger charge is 2.19. The predicted octanol–water partition coefficient (Wildman–Crippen LogP) is 3.32. The van der Waals surface area contributed by atoms with Gasteiger partial charge in [-0.1, -0.05) is 0 Å². The molecule has 0 spiro atoms. The second-order valence-corrected chi connectivity index (χ2v) is 4.76. The molecule has 5 heteroatoms. The van der Waals surface area contributed by atoms with Crippen molar-refractivity contribution < 1.29 is 9.13 Å². The first-order chi connectivity index (χ1) is 8.56. The van der Waals surface area contributed by atoms with Crippen LogP contribution in [0.15, 0.2) is 16.6 Å². The molecule has 1 atom stereocenters. The normalized spacial score (nSPS) is 12.0. The molecule has 0 amide bonds. The first-order valence-corrected chi connectivity index (χ1v) is 6.49. The minimum absolute atomic E-state index is 0.0642. The summed E-state index contributed by atoms with van der Waals surface area (Å²) in [6, 6.07) is 5.26. The quantitative estimate of drug-likeness (QED) is 0.836. The monoisotopic (exact) mass is 314 g/mol. The zero-order valence-corrected chi connectivity index (χ0v) is 12.3. The summed E-state index contributed by atoms with van der Waals surface area (Å²) >= 11 is 3.12. The van der Waals surface area contributed by atoms with Crippen molar-refractivity contribution in [1.82, 2.24) is 0 Å². The van der Waals surface area contributed by atoms with E-state index in [1.54, 1.807) is 19.2 Å². The third-order valence-electron chi connectivity index (χ3n) is 2.77. The van der Waals surface area contributed by atoms with Gasteiger partial charge in [-0.15, -0.1) is 0 Å². The molecule has 0 aliphatic heterocycles. The van der Waals surface area contributed by atoms with Crippen molar-refractivity contribution in [1.29, 1.82) is 5.26 Å². The van der Waals surface area contributed by atoms with E-state index in [1.165, 1.54) is 0 Å². The maximum atomic E-state index is 14.2. The predicted molar refractivity (Wildman–Crippen MR) is 73.2 cm³/mol. The molecule has 1 unspecified atom stereocenters. The molecule has 0 fully saturated rings. The number of benzene rings is 1. The molecular weight excluding hydrogens is 299 g/mol. The van der Waals surface area contributed by atoms with Crippen molar-refractivity contribution in [2.75, 3.05) is 25.2 Å². The van der Waals surface area contributed by atoms with E-state index in [4.69, 9.17) is 10.00 Å².